The highest BCUT2D eigenvalue weighted by molar-refractivity contribution is 4.96. The first-order valence-electron chi connectivity index (χ1n) is 4.92. The molecule has 1 N–H and O–H groups in total. The van der Waals surface area contributed by atoms with Gasteiger partial charge in [-0.1, -0.05) is 25.5 Å². The quantitative estimate of drug-likeness (QED) is 0.638. The third-order valence-corrected chi connectivity index (χ3v) is 2.37. The van der Waals surface area contributed by atoms with Gasteiger partial charge in [-0.15, -0.1) is 0 Å². The molecule has 1 aliphatic rings. The summed E-state index contributed by atoms with van der Waals surface area (Å²) >= 11 is 0. The molecule has 1 atom stereocenters. The van der Waals surface area contributed by atoms with Crippen molar-refractivity contribution < 1.29 is 0 Å². The highest BCUT2D eigenvalue weighted by atomic mass is 15.2. The lowest BCUT2D eigenvalue weighted by atomic mass is 10.1. The Morgan fingerprint density at radius 2 is 2.42 bits per heavy atom. The third-order valence-electron chi connectivity index (χ3n) is 2.37. The fraction of sp³-hybridized carbons (Fsp3) is 0.800. The minimum atomic E-state index is 0.616. The van der Waals surface area contributed by atoms with E-state index in [1.165, 1.54) is 19.4 Å². The minimum Gasteiger partial charge on any atom is -0.314 e. The number of piperazine rings is 1. The fourth-order valence-corrected chi connectivity index (χ4v) is 1.46. The van der Waals surface area contributed by atoms with Gasteiger partial charge in [0.25, 0.3) is 0 Å². The van der Waals surface area contributed by atoms with Crippen LogP contribution in [-0.2, 0) is 0 Å². The van der Waals surface area contributed by atoms with E-state index in [4.69, 9.17) is 0 Å². The lowest BCUT2D eigenvalue weighted by molar-refractivity contribution is 0.236. The predicted molar refractivity (Wildman–Crippen MR) is 53.3 cm³/mol. The monoisotopic (exact) mass is 168 g/mol. The molecule has 0 aliphatic carbocycles. The predicted octanol–water partition coefficient (Wildman–Crippen LogP) is 1.25. The summed E-state index contributed by atoms with van der Waals surface area (Å²) < 4.78 is 0. The Hall–Kier alpha value is -0.340. The molecule has 1 fully saturated rings. The van der Waals surface area contributed by atoms with Crippen LogP contribution in [0, 0.1) is 0 Å². The Kier molecular flexibility index (Phi) is 4.33. The van der Waals surface area contributed by atoms with Gasteiger partial charge in [-0.25, -0.2) is 0 Å². The largest absolute Gasteiger partial charge is 0.314 e. The highest BCUT2D eigenvalue weighted by Crippen LogP contribution is 2.02. The van der Waals surface area contributed by atoms with E-state index in [1.807, 2.05) is 0 Å². The first kappa shape index (κ1) is 9.75. The van der Waals surface area contributed by atoms with Crippen molar-refractivity contribution in [2.45, 2.75) is 25.8 Å². The van der Waals surface area contributed by atoms with Crippen molar-refractivity contribution in [3.8, 4) is 0 Å². The lowest BCUT2D eigenvalue weighted by Gasteiger charge is -2.30. The van der Waals surface area contributed by atoms with Gasteiger partial charge in [0, 0.05) is 25.7 Å². The molecular weight excluding hydrogens is 148 g/mol. The first-order valence-corrected chi connectivity index (χ1v) is 4.92. The zero-order valence-corrected chi connectivity index (χ0v) is 8.21. The molecule has 1 unspecified atom stereocenters. The van der Waals surface area contributed by atoms with Crippen molar-refractivity contribution in [3.63, 3.8) is 0 Å². The number of allylic oxidation sites excluding steroid dienone is 1. The Morgan fingerprint density at radius 3 is 3.08 bits per heavy atom. The molecular formula is C10H20N2. The van der Waals surface area contributed by atoms with Crippen LogP contribution in [0.3, 0.4) is 0 Å². The molecule has 70 valence electrons. The van der Waals surface area contributed by atoms with E-state index in [-0.39, 0.29) is 0 Å². The molecule has 0 aromatic carbocycles. The van der Waals surface area contributed by atoms with Gasteiger partial charge < -0.3 is 5.32 Å². The third kappa shape index (κ3) is 2.95. The average Bonchev–Trinajstić information content (AvgIpc) is 2.09. The van der Waals surface area contributed by atoms with E-state index >= 15 is 0 Å². The summed E-state index contributed by atoms with van der Waals surface area (Å²) in [5, 5.41) is 3.40. The van der Waals surface area contributed by atoms with Crippen molar-refractivity contribution >= 4 is 0 Å². The lowest BCUT2D eigenvalue weighted by Crippen LogP contribution is -2.48. The number of rotatable bonds is 3. The van der Waals surface area contributed by atoms with E-state index in [0.29, 0.717) is 6.04 Å². The highest BCUT2D eigenvalue weighted by Gasteiger charge is 2.14. The molecule has 0 radical (unpaired) electrons. The topological polar surface area (TPSA) is 15.3 Å². The van der Waals surface area contributed by atoms with Gasteiger partial charge in [0.2, 0.25) is 0 Å². The maximum absolute atomic E-state index is 3.40. The van der Waals surface area contributed by atoms with Crippen molar-refractivity contribution in [2.24, 2.45) is 0 Å². The number of likely N-dealkylation sites (N-methyl/N-ethyl adjacent to an activating group) is 1. The van der Waals surface area contributed by atoms with Crippen LogP contribution in [0.1, 0.15) is 19.8 Å². The van der Waals surface area contributed by atoms with Gasteiger partial charge in [-0.2, -0.15) is 0 Å². The molecule has 12 heavy (non-hydrogen) atoms. The van der Waals surface area contributed by atoms with E-state index in [0.717, 1.165) is 13.1 Å². The molecule has 0 spiro atoms. The SMILES string of the molecule is CCC/C=C/C1CNCCN1C. The van der Waals surface area contributed by atoms with Crippen LogP contribution in [0.4, 0.5) is 0 Å². The number of hydrogen-bond acceptors (Lipinski definition) is 2. The fourth-order valence-electron chi connectivity index (χ4n) is 1.46. The second-order valence-electron chi connectivity index (χ2n) is 3.47. The van der Waals surface area contributed by atoms with Crippen molar-refractivity contribution in [1.29, 1.82) is 0 Å². The molecule has 2 nitrogen and oxygen atoms in total. The minimum absolute atomic E-state index is 0.616. The smallest absolute Gasteiger partial charge is 0.0400 e. The van der Waals surface area contributed by atoms with Gasteiger partial charge in [0.1, 0.15) is 0 Å². The second-order valence-corrected chi connectivity index (χ2v) is 3.47. The van der Waals surface area contributed by atoms with Crippen molar-refractivity contribution in [1.82, 2.24) is 10.2 Å². The van der Waals surface area contributed by atoms with Crippen LogP contribution in [0.2, 0.25) is 0 Å². The van der Waals surface area contributed by atoms with Crippen molar-refractivity contribution in [3.05, 3.63) is 12.2 Å². The number of hydrogen-bond donors (Lipinski definition) is 1. The summed E-state index contributed by atoms with van der Waals surface area (Å²) in [5.41, 5.74) is 0. The van der Waals surface area contributed by atoms with E-state index in [2.05, 4.69) is 36.3 Å². The summed E-state index contributed by atoms with van der Waals surface area (Å²) in [5.74, 6) is 0. The van der Waals surface area contributed by atoms with Crippen LogP contribution in [-0.4, -0.2) is 37.6 Å². The zero-order chi connectivity index (χ0) is 8.81. The normalized spacial score (nSPS) is 26.7. The van der Waals surface area contributed by atoms with E-state index in [9.17, 15) is 0 Å². The van der Waals surface area contributed by atoms with Gasteiger partial charge >= 0.3 is 0 Å². The molecule has 1 aliphatic heterocycles. The van der Waals surface area contributed by atoms with Gasteiger partial charge in [-0.05, 0) is 13.5 Å². The average molecular weight is 168 g/mol. The summed E-state index contributed by atoms with van der Waals surface area (Å²) in [6.07, 6.45) is 7.09. The summed E-state index contributed by atoms with van der Waals surface area (Å²) in [4.78, 5) is 2.41. The van der Waals surface area contributed by atoms with E-state index in [1.54, 1.807) is 0 Å². The molecule has 0 saturated carbocycles. The molecule has 1 rings (SSSR count). The maximum atomic E-state index is 3.40. The van der Waals surface area contributed by atoms with Gasteiger partial charge in [0.15, 0.2) is 0 Å². The standard InChI is InChI=1S/C10H20N2/c1-3-4-5-6-10-9-11-7-8-12(10)2/h5-6,10-11H,3-4,7-9H2,1-2H3/b6-5+. The molecule has 1 heterocycles. The maximum Gasteiger partial charge on any atom is 0.0400 e. The Balaban J connectivity index is 2.28. The Bertz CT molecular complexity index is 143. The molecule has 0 bridgehead atoms. The zero-order valence-electron chi connectivity index (χ0n) is 8.21. The molecule has 1 saturated heterocycles. The van der Waals surface area contributed by atoms with Crippen LogP contribution < -0.4 is 5.32 Å². The van der Waals surface area contributed by atoms with Crippen LogP contribution >= 0.6 is 0 Å². The van der Waals surface area contributed by atoms with Gasteiger partial charge in [-0.3, -0.25) is 4.90 Å². The summed E-state index contributed by atoms with van der Waals surface area (Å²) in [6.45, 7) is 5.62. The van der Waals surface area contributed by atoms with Gasteiger partial charge in [0.05, 0.1) is 0 Å². The molecule has 2 heteroatoms. The Labute approximate surface area is 75.6 Å². The van der Waals surface area contributed by atoms with Crippen LogP contribution in [0.25, 0.3) is 0 Å². The first-order chi connectivity index (χ1) is 5.84. The number of nitrogens with one attached hydrogen (secondary N) is 1. The summed E-state index contributed by atoms with van der Waals surface area (Å²) in [6, 6.07) is 0.616. The van der Waals surface area contributed by atoms with Crippen LogP contribution in [0.5, 0.6) is 0 Å². The second kappa shape index (κ2) is 5.33. The summed E-state index contributed by atoms with van der Waals surface area (Å²) in [7, 11) is 2.20. The van der Waals surface area contributed by atoms with E-state index < -0.39 is 0 Å². The molecule has 0 aromatic heterocycles. The Morgan fingerprint density at radius 1 is 1.58 bits per heavy atom. The number of nitrogens with zero attached hydrogens (tertiary/aromatic N) is 1. The molecule has 0 amide bonds. The number of unbranched alkanes of at least 4 members (excludes halogenated alkanes) is 1. The molecule has 0 aromatic rings. The van der Waals surface area contributed by atoms with Crippen molar-refractivity contribution in [2.75, 3.05) is 26.7 Å². The van der Waals surface area contributed by atoms with Crippen LogP contribution in [0.15, 0.2) is 12.2 Å².